The van der Waals surface area contributed by atoms with E-state index in [-0.39, 0.29) is 0 Å². The summed E-state index contributed by atoms with van der Waals surface area (Å²) in [6, 6.07) is 3.74. The normalized spacial score (nSPS) is 9.73. The quantitative estimate of drug-likeness (QED) is 0.731. The molecular weight excluding hydrogens is 206 g/mol. The predicted octanol–water partition coefficient (Wildman–Crippen LogP) is 2.35. The highest BCUT2D eigenvalue weighted by Gasteiger charge is 2.01. The Balaban J connectivity index is 3.21. The van der Waals surface area contributed by atoms with E-state index in [0.29, 0.717) is 5.69 Å². The predicted molar refractivity (Wildman–Crippen MR) is 49.8 cm³/mol. The molecule has 0 aromatic heterocycles. The van der Waals surface area contributed by atoms with Crippen molar-refractivity contribution in [3.63, 3.8) is 0 Å². The van der Waals surface area contributed by atoms with E-state index >= 15 is 0 Å². The van der Waals surface area contributed by atoms with Gasteiger partial charge in [-0.25, -0.2) is 0 Å². The van der Waals surface area contributed by atoms with Gasteiger partial charge in [0.1, 0.15) is 5.75 Å². The first-order valence-corrected chi connectivity index (χ1v) is 4.04. The smallest absolute Gasteiger partial charge is 0.142 e. The molecule has 0 spiro atoms. The lowest BCUT2D eigenvalue weighted by Crippen LogP contribution is -1.93. The minimum Gasteiger partial charge on any atom is -0.495 e. The number of aryl methyl sites for hydroxylation is 1. The summed E-state index contributed by atoms with van der Waals surface area (Å²) in [7, 11) is 1.61. The Morgan fingerprint density at radius 1 is 1.45 bits per heavy atom. The maximum atomic E-state index is 5.65. The van der Waals surface area contributed by atoms with Gasteiger partial charge in [-0.1, -0.05) is 15.9 Å². The van der Waals surface area contributed by atoms with Crippen LogP contribution in [0.5, 0.6) is 5.75 Å². The minimum absolute atomic E-state index is 0.657. The summed E-state index contributed by atoms with van der Waals surface area (Å²) < 4.78 is 6.04. The second-order valence-corrected chi connectivity index (χ2v) is 3.20. The monoisotopic (exact) mass is 215 g/mol. The zero-order chi connectivity index (χ0) is 8.43. The van der Waals surface area contributed by atoms with Gasteiger partial charge in [0.25, 0.3) is 0 Å². The maximum absolute atomic E-state index is 5.65. The van der Waals surface area contributed by atoms with Crippen LogP contribution in [0.1, 0.15) is 5.56 Å². The van der Waals surface area contributed by atoms with Crippen LogP contribution in [0.2, 0.25) is 0 Å². The Labute approximate surface area is 74.5 Å². The number of halogens is 1. The van der Waals surface area contributed by atoms with Gasteiger partial charge in [-0.2, -0.15) is 0 Å². The Morgan fingerprint density at radius 3 is 2.64 bits per heavy atom. The van der Waals surface area contributed by atoms with Crippen LogP contribution in [0.25, 0.3) is 0 Å². The molecule has 2 N–H and O–H groups in total. The lowest BCUT2D eigenvalue weighted by molar-refractivity contribution is 0.416. The number of anilines is 1. The van der Waals surface area contributed by atoms with E-state index in [1.54, 1.807) is 7.11 Å². The fourth-order valence-electron chi connectivity index (χ4n) is 0.847. The number of hydrogen-bond acceptors (Lipinski definition) is 2. The van der Waals surface area contributed by atoms with Gasteiger partial charge in [-0.3, -0.25) is 0 Å². The molecule has 0 radical (unpaired) electrons. The van der Waals surface area contributed by atoms with Crippen molar-refractivity contribution in [3.8, 4) is 5.75 Å². The first-order chi connectivity index (χ1) is 5.15. The Morgan fingerprint density at radius 2 is 2.09 bits per heavy atom. The van der Waals surface area contributed by atoms with Gasteiger partial charge in [-0.05, 0) is 24.6 Å². The number of hydrogen-bond donors (Lipinski definition) is 1. The molecule has 0 aliphatic heterocycles. The van der Waals surface area contributed by atoms with Crippen molar-refractivity contribution in [2.24, 2.45) is 0 Å². The number of benzene rings is 1. The van der Waals surface area contributed by atoms with Crippen LogP contribution >= 0.6 is 15.9 Å². The van der Waals surface area contributed by atoms with Gasteiger partial charge >= 0.3 is 0 Å². The molecule has 0 unspecified atom stereocenters. The first-order valence-electron chi connectivity index (χ1n) is 3.24. The molecule has 0 amide bonds. The maximum Gasteiger partial charge on any atom is 0.142 e. The molecule has 0 aliphatic rings. The molecule has 0 aliphatic carbocycles. The van der Waals surface area contributed by atoms with Crippen LogP contribution < -0.4 is 10.5 Å². The molecule has 1 aromatic carbocycles. The molecule has 0 bridgehead atoms. The van der Waals surface area contributed by atoms with Crippen molar-refractivity contribution in [1.29, 1.82) is 0 Å². The minimum atomic E-state index is 0.657. The molecule has 0 atom stereocenters. The molecular formula is C8H10BrNO. The van der Waals surface area contributed by atoms with Gasteiger partial charge in [0, 0.05) is 4.47 Å². The Bertz CT molecular complexity index is 273. The van der Waals surface area contributed by atoms with Crippen LogP contribution in [-0.4, -0.2) is 7.11 Å². The number of nitrogen functional groups attached to an aromatic ring is 1. The molecule has 2 nitrogen and oxygen atoms in total. The fraction of sp³-hybridized carbons (Fsp3) is 0.250. The standard InChI is InChI=1S/C8H10BrNO/c1-5-3-8(11-2)7(10)4-6(5)9/h3-4H,10H2,1-2H3/i7+0. The molecule has 0 heterocycles. The largest absolute Gasteiger partial charge is 0.495 e. The average Bonchev–Trinajstić information content (AvgIpc) is 1.97. The van der Waals surface area contributed by atoms with E-state index in [0.717, 1.165) is 15.8 Å². The van der Waals surface area contributed by atoms with Crippen molar-refractivity contribution in [1.82, 2.24) is 0 Å². The van der Waals surface area contributed by atoms with Gasteiger partial charge in [-0.15, -0.1) is 0 Å². The SMILES string of the molecule is COc1cc(C)c(Br)c[12c]1N. The topological polar surface area (TPSA) is 35.2 Å². The lowest BCUT2D eigenvalue weighted by atomic mass is 10.2. The third kappa shape index (κ3) is 1.66. The van der Waals surface area contributed by atoms with Crippen molar-refractivity contribution in [2.45, 2.75) is 6.92 Å². The summed E-state index contributed by atoms with van der Waals surface area (Å²) in [5.41, 5.74) is 7.42. The van der Waals surface area contributed by atoms with Gasteiger partial charge < -0.3 is 10.5 Å². The summed E-state index contributed by atoms with van der Waals surface area (Å²) >= 11 is 3.37. The van der Waals surface area contributed by atoms with Gasteiger partial charge in [0.05, 0.1) is 12.8 Å². The average molecular weight is 216 g/mol. The van der Waals surface area contributed by atoms with Crippen LogP contribution in [0.4, 0.5) is 5.69 Å². The fourth-order valence-corrected chi connectivity index (χ4v) is 1.21. The van der Waals surface area contributed by atoms with E-state index in [4.69, 9.17) is 10.5 Å². The van der Waals surface area contributed by atoms with E-state index < -0.39 is 0 Å². The van der Waals surface area contributed by atoms with E-state index in [2.05, 4.69) is 15.9 Å². The molecule has 0 fully saturated rings. The molecule has 60 valence electrons. The molecule has 11 heavy (non-hydrogen) atoms. The van der Waals surface area contributed by atoms with Crippen molar-refractivity contribution >= 4 is 21.6 Å². The molecule has 3 heteroatoms. The summed E-state index contributed by atoms with van der Waals surface area (Å²) in [5.74, 6) is 0.728. The van der Waals surface area contributed by atoms with Crippen LogP contribution in [-0.2, 0) is 0 Å². The highest BCUT2D eigenvalue weighted by molar-refractivity contribution is 9.10. The lowest BCUT2D eigenvalue weighted by Gasteiger charge is -2.06. The highest BCUT2D eigenvalue weighted by atomic mass is 79.9. The number of nitrogens with two attached hydrogens (primary N) is 1. The first kappa shape index (κ1) is 8.40. The zero-order valence-corrected chi connectivity index (χ0v) is 8.10. The Hall–Kier alpha value is -0.700. The van der Waals surface area contributed by atoms with Crippen molar-refractivity contribution < 1.29 is 4.74 Å². The van der Waals surface area contributed by atoms with Crippen LogP contribution in [0.3, 0.4) is 0 Å². The highest BCUT2D eigenvalue weighted by Crippen LogP contribution is 2.28. The molecule has 0 saturated heterocycles. The van der Waals surface area contributed by atoms with Crippen molar-refractivity contribution in [2.75, 3.05) is 12.8 Å². The third-order valence-electron chi connectivity index (χ3n) is 1.51. The second kappa shape index (κ2) is 3.13. The van der Waals surface area contributed by atoms with Crippen LogP contribution in [0, 0.1) is 6.92 Å². The second-order valence-electron chi connectivity index (χ2n) is 2.34. The van der Waals surface area contributed by atoms with Crippen LogP contribution in [0.15, 0.2) is 16.6 Å². The molecule has 1 rings (SSSR count). The summed E-state index contributed by atoms with van der Waals surface area (Å²) in [6.45, 7) is 1.99. The summed E-state index contributed by atoms with van der Waals surface area (Å²) in [6.07, 6.45) is 0. The summed E-state index contributed by atoms with van der Waals surface area (Å²) in [4.78, 5) is 0. The van der Waals surface area contributed by atoms with E-state index in [9.17, 15) is 0 Å². The summed E-state index contributed by atoms with van der Waals surface area (Å²) in [5, 5.41) is 0. The van der Waals surface area contributed by atoms with Crippen molar-refractivity contribution in [3.05, 3.63) is 22.2 Å². The zero-order valence-electron chi connectivity index (χ0n) is 6.52. The Kier molecular flexibility index (Phi) is 2.39. The molecule has 1 aromatic rings. The number of rotatable bonds is 1. The van der Waals surface area contributed by atoms with Gasteiger partial charge in [0.15, 0.2) is 0 Å². The van der Waals surface area contributed by atoms with Gasteiger partial charge in [0.2, 0.25) is 0 Å². The molecule has 0 saturated carbocycles. The number of ether oxygens (including phenoxy) is 1. The van der Waals surface area contributed by atoms with E-state index in [1.807, 2.05) is 19.1 Å². The van der Waals surface area contributed by atoms with E-state index in [1.165, 1.54) is 0 Å². The number of methoxy groups -OCH3 is 1. The third-order valence-corrected chi connectivity index (χ3v) is 2.37.